The molecule has 1 aliphatic heterocycles. The topological polar surface area (TPSA) is 42.3 Å². The van der Waals surface area contributed by atoms with E-state index >= 15 is 0 Å². The third kappa shape index (κ3) is 3.86. The molecule has 0 bridgehead atoms. The van der Waals surface area contributed by atoms with Crippen LogP contribution in [0.2, 0.25) is 5.02 Å². The van der Waals surface area contributed by atoms with Crippen molar-refractivity contribution in [3.8, 4) is 6.07 Å². The highest BCUT2D eigenvalue weighted by atomic mass is 35.5. The Morgan fingerprint density at radius 2 is 2.05 bits per heavy atom. The largest absolute Gasteiger partial charge is 0.382 e. The quantitative estimate of drug-likeness (QED) is 0.924. The van der Waals surface area contributed by atoms with Crippen LogP contribution >= 0.6 is 11.6 Å². The van der Waals surface area contributed by atoms with Crippen LogP contribution in [0, 0.1) is 11.3 Å². The summed E-state index contributed by atoms with van der Waals surface area (Å²) in [5.41, 5.74) is 1.46. The van der Waals surface area contributed by atoms with Gasteiger partial charge in [0, 0.05) is 43.8 Å². The molecule has 0 saturated carbocycles. The zero-order valence-corrected chi connectivity index (χ0v) is 12.8. The van der Waals surface area contributed by atoms with Gasteiger partial charge in [0.1, 0.15) is 6.07 Å². The minimum Gasteiger partial charge on any atom is -0.382 e. The number of halogens is 1. The fraction of sp³-hybridized carbons (Fsp3) is 0.533. The molecule has 1 aliphatic rings. The molecule has 108 valence electrons. The van der Waals surface area contributed by atoms with Crippen molar-refractivity contribution in [3.05, 3.63) is 28.8 Å². The van der Waals surface area contributed by atoms with Gasteiger partial charge in [-0.3, -0.25) is 4.90 Å². The summed E-state index contributed by atoms with van der Waals surface area (Å²) >= 11 is 5.90. The molecular formula is C15H21ClN4. The Bertz CT molecular complexity index is 489. The summed E-state index contributed by atoms with van der Waals surface area (Å²) < 4.78 is 0. The van der Waals surface area contributed by atoms with Crippen molar-refractivity contribution in [1.29, 1.82) is 5.26 Å². The van der Waals surface area contributed by atoms with Crippen LogP contribution in [0.5, 0.6) is 0 Å². The molecule has 1 aromatic carbocycles. The number of rotatable bonds is 4. The zero-order valence-electron chi connectivity index (χ0n) is 12.1. The fourth-order valence-electron chi connectivity index (χ4n) is 2.41. The molecule has 1 aromatic rings. The summed E-state index contributed by atoms with van der Waals surface area (Å²) in [5, 5.41) is 13.1. The van der Waals surface area contributed by atoms with Crippen molar-refractivity contribution in [2.24, 2.45) is 0 Å². The SMILES string of the molecule is C[C@H](CNc1ccc(Cl)cc1C#N)N1CCN(C)CC1. The Balaban J connectivity index is 1.90. The van der Waals surface area contributed by atoms with Crippen LogP contribution in [0.4, 0.5) is 5.69 Å². The van der Waals surface area contributed by atoms with Gasteiger partial charge in [-0.2, -0.15) is 5.26 Å². The highest BCUT2D eigenvalue weighted by Gasteiger charge is 2.18. The van der Waals surface area contributed by atoms with Gasteiger partial charge < -0.3 is 10.2 Å². The van der Waals surface area contributed by atoms with Crippen molar-refractivity contribution in [2.75, 3.05) is 45.1 Å². The highest BCUT2D eigenvalue weighted by Crippen LogP contribution is 2.20. The third-order valence-corrected chi connectivity index (χ3v) is 4.09. The molecule has 0 spiro atoms. The summed E-state index contributed by atoms with van der Waals surface area (Å²) in [6, 6.07) is 8.01. The number of anilines is 1. The van der Waals surface area contributed by atoms with Crippen LogP contribution in [0.3, 0.4) is 0 Å². The van der Waals surface area contributed by atoms with Crippen molar-refractivity contribution >= 4 is 17.3 Å². The predicted octanol–water partition coefficient (Wildman–Crippen LogP) is 2.26. The molecule has 1 fully saturated rings. The Morgan fingerprint density at radius 3 is 2.70 bits per heavy atom. The third-order valence-electron chi connectivity index (χ3n) is 3.85. The number of hydrogen-bond acceptors (Lipinski definition) is 4. The van der Waals surface area contributed by atoms with E-state index in [9.17, 15) is 0 Å². The molecule has 2 rings (SSSR count). The maximum atomic E-state index is 9.12. The van der Waals surface area contributed by atoms with E-state index in [4.69, 9.17) is 16.9 Å². The number of benzene rings is 1. The van der Waals surface area contributed by atoms with E-state index in [0.29, 0.717) is 16.6 Å². The smallest absolute Gasteiger partial charge is 0.101 e. The summed E-state index contributed by atoms with van der Waals surface area (Å²) in [6.07, 6.45) is 0. The van der Waals surface area contributed by atoms with Gasteiger partial charge in [-0.1, -0.05) is 11.6 Å². The van der Waals surface area contributed by atoms with Crippen LogP contribution in [0.25, 0.3) is 0 Å². The maximum absolute atomic E-state index is 9.12. The van der Waals surface area contributed by atoms with Crippen molar-refractivity contribution < 1.29 is 0 Å². The van der Waals surface area contributed by atoms with E-state index in [1.54, 1.807) is 6.07 Å². The van der Waals surface area contributed by atoms with Crippen molar-refractivity contribution in [1.82, 2.24) is 9.80 Å². The minimum atomic E-state index is 0.450. The van der Waals surface area contributed by atoms with E-state index in [1.165, 1.54) is 0 Å². The van der Waals surface area contributed by atoms with Gasteiger partial charge in [-0.05, 0) is 32.2 Å². The second kappa shape index (κ2) is 6.94. The van der Waals surface area contributed by atoms with Crippen LogP contribution in [-0.2, 0) is 0 Å². The average Bonchev–Trinajstić information content (AvgIpc) is 2.46. The van der Waals surface area contributed by atoms with Crippen molar-refractivity contribution in [2.45, 2.75) is 13.0 Å². The molecule has 0 unspecified atom stereocenters. The molecule has 1 atom stereocenters. The van der Waals surface area contributed by atoms with E-state index in [2.05, 4.69) is 35.2 Å². The number of likely N-dealkylation sites (N-methyl/N-ethyl adjacent to an activating group) is 1. The molecule has 0 radical (unpaired) electrons. The molecule has 0 aliphatic carbocycles. The first-order valence-corrected chi connectivity index (χ1v) is 7.34. The first-order valence-electron chi connectivity index (χ1n) is 6.96. The van der Waals surface area contributed by atoms with Gasteiger partial charge in [0.2, 0.25) is 0 Å². The second-order valence-electron chi connectivity index (χ2n) is 5.37. The lowest BCUT2D eigenvalue weighted by Crippen LogP contribution is -2.49. The summed E-state index contributed by atoms with van der Waals surface area (Å²) in [7, 11) is 2.16. The Kier molecular flexibility index (Phi) is 5.24. The first-order chi connectivity index (χ1) is 9.60. The Morgan fingerprint density at radius 1 is 1.35 bits per heavy atom. The first kappa shape index (κ1) is 15.1. The lowest BCUT2D eigenvalue weighted by atomic mass is 10.1. The van der Waals surface area contributed by atoms with Crippen LogP contribution in [-0.4, -0.2) is 55.6 Å². The second-order valence-corrected chi connectivity index (χ2v) is 5.81. The molecule has 0 aromatic heterocycles. The fourth-order valence-corrected chi connectivity index (χ4v) is 2.58. The summed E-state index contributed by atoms with van der Waals surface area (Å²) in [5.74, 6) is 0. The van der Waals surface area contributed by atoms with Crippen molar-refractivity contribution in [3.63, 3.8) is 0 Å². The molecule has 20 heavy (non-hydrogen) atoms. The zero-order chi connectivity index (χ0) is 14.5. The Hall–Kier alpha value is -1.28. The number of piperazine rings is 1. The highest BCUT2D eigenvalue weighted by molar-refractivity contribution is 6.30. The van der Waals surface area contributed by atoms with Crippen LogP contribution in [0.1, 0.15) is 12.5 Å². The number of nitrogens with zero attached hydrogens (tertiary/aromatic N) is 3. The summed E-state index contributed by atoms with van der Waals surface area (Å²) in [4.78, 5) is 4.83. The van der Waals surface area contributed by atoms with Gasteiger partial charge in [0.05, 0.1) is 11.3 Å². The van der Waals surface area contributed by atoms with Gasteiger partial charge in [0.15, 0.2) is 0 Å². The predicted molar refractivity (Wildman–Crippen MR) is 83.2 cm³/mol. The molecule has 1 heterocycles. The molecule has 1 saturated heterocycles. The standard InChI is InChI=1S/C15H21ClN4/c1-12(20-7-5-19(2)6-8-20)11-18-15-4-3-14(16)9-13(15)10-17/h3-4,9,12,18H,5-8,11H2,1-2H3/t12-/m1/s1. The van der Waals surface area contributed by atoms with E-state index < -0.39 is 0 Å². The summed E-state index contributed by atoms with van der Waals surface area (Å²) in [6.45, 7) is 7.50. The monoisotopic (exact) mass is 292 g/mol. The lowest BCUT2D eigenvalue weighted by Gasteiger charge is -2.36. The molecule has 5 heteroatoms. The number of hydrogen-bond donors (Lipinski definition) is 1. The van der Waals surface area contributed by atoms with Crippen LogP contribution < -0.4 is 5.32 Å². The van der Waals surface area contributed by atoms with Gasteiger partial charge >= 0.3 is 0 Å². The Labute approximate surface area is 125 Å². The molecule has 0 amide bonds. The minimum absolute atomic E-state index is 0.450. The van der Waals surface area contributed by atoms with Crippen LogP contribution in [0.15, 0.2) is 18.2 Å². The molecular weight excluding hydrogens is 272 g/mol. The van der Waals surface area contributed by atoms with E-state index in [0.717, 1.165) is 38.4 Å². The maximum Gasteiger partial charge on any atom is 0.101 e. The van der Waals surface area contributed by atoms with Gasteiger partial charge in [-0.25, -0.2) is 0 Å². The molecule has 1 N–H and O–H groups in total. The molecule has 4 nitrogen and oxygen atoms in total. The number of nitrogens with one attached hydrogen (secondary N) is 1. The van der Waals surface area contributed by atoms with Gasteiger partial charge in [-0.15, -0.1) is 0 Å². The van der Waals surface area contributed by atoms with E-state index in [-0.39, 0.29) is 0 Å². The number of nitriles is 1. The van der Waals surface area contributed by atoms with Gasteiger partial charge in [0.25, 0.3) is 0 Å². The average molecular weight is 293 g/mol. The van der Waals surface area contributed by atoms with E-state index in [1.807, 2.05) is 12.1 Å². The normalized spacial score (nSPS) is 18.5. The lowest BCUT2D eigenvalue weighted by molar-refractivity contribution is 0.123.